The highest BCUT2D eigenvalue weighted by Gasteiger charge is 2.27. The van der Waals surface area contributed by atoms with Gasteiger partial charge in [-0.05, 0) is 30.6 Å². The molecule has 1 N–H and O–H groups in total. The number of H-pyrrole nitrogens is 1. The molecule has 16 heavy (non-hydrogen) atoms. The van der Waals surface area contributed by atoms with Gasteiger partial charge in [0, 0.05) is 6.07 Å². The monoisotopic (exact) mass is 236 g/mol. The fraction of sp³-hybridized carbons (Fsp3) is 0.500. The van der Waals surface area contributed by atoms with Crippen LogP contribution in [0.5, 0.6) is 0 Å². The van der Waals surface area contributed by atoms with Gasteiger partial charge in [0.1, 0.15) is 6.07 Å². The average Bonchev–Trinajstić information content (AvgIpc) is 3.14. The van der Waals surface area contributed by atoms with Gasteiger partial charge in [0.25, 0.3) is 0 Å². The highest BCUT2D eigenvalue weighted by Crippen LogP contribution is 2.42. The first-order chi connectivity index (χ1) is 7.76. The molecule has 0 saturated heterocycles. The first-order valence-electron chi connectivity index (χ1n) is 5.47. The lowest BCUT2D eigenvalue weighted by atomic mass is 10.1. The van der Waals surface area contributed by atoms with Crippen molar-refractivity contribution in [2.75, 3.05) is 6.26 Å². The number of aromatic amines is 1. The van der Waals surface area contributed by atoms with Crippen LogP contribution in [0.25, 0.3) is 0 Å². The van der Waals surface area contributed by atoms with E-state index in [1.54, 1.807) is 6.07 Å². The molecule has 1 aromatic rings. The quantitative estimate of drug-likeness (QED) is 0.803. The Bertz CT molecular complexity index is 455. The molecule has 86 valence electrons. The number of hydrogen-bond donors (Lipinski definition) is 1. The molecule has 0 unspecified atom stereocenters. The number of rotatable bonds is 2. The summed E-state index contributed by atoms with van der Waals surface area (Å²) in [7, 11) is 0. The van der Waals surface area contributed by atoms with Crippen LogP contribution in [0, 0.1) is 11.3 Å². The topological polar surface area (TPSA) is 56.6 Å². The molecule has 3 nitrogen and oxygen atoms in total. The first kappa shape index (κ1) is 12.9. The van der Waals surface area contributed by atoms with E-state index in [4.69, 9.17) is 5.26 Å². The molecule has 4 heteroatoms. The van der Waals surface area contributed by atoms with E-state index >= 15 is 0 Å². The Kier molecular flexibility index (Phi) is 4.63. The Hall–Kier alpha value is -1.21. The second kappa shape index (κ2) is 5.76. The number of pyridine rings is 1. The van der Waals surface area contributed by atoms with E-state index in [0.717, 1.165) is 18.4 Å². The number of nitrogens with one attached hydrogen (secondary N) is 1. The number of hydrogen-bond acceptors (Lipinski definition) is 3. The molecule has 0 radical (unpaired) electrons. The van der Waals surface area contributed by atoms with Gasteiger partial charge in [0.05, 0.1) is 10.6 Å². The van der Waals surface area contributed by atoms with Crippen LogP contribution >= 0.6 is 11.8 Å². The zero-order chi connectivity index (χ0) is 12.1. The summed E-state index contributed by atoms with van der Waals surface area (Å²) in [6, 6.07) is 3.74. The van der Waals surface area contributed by atoms with E-state index in [1.165, 1.54) is 11.8 Å². The maximum Gasteiger partial charge on any atom is 0.249 e. The van der Waals surface area contributed by atoms with Crippen molar-refractivity contribution in [2.24, 2.45) is 0 Å². The lowest BCUT2D eigenvalue weighted by Gasteiger charge is -2.04. The predicted molar refractivity (Wildman–Crippen MR) is 66.9 cm³/mol. The molecule has 1 saturated carbocycles. The predicted octanol–water partition coefficient (Wildman–Crippen LogP) is 2.87. The van der Waals surface area contributed by atoms with E-state index in [2.05, 4.69) is 11.1 Å². The van der Waals surface area contributed by atoms with Crippen LogP contribution in [-0.4, -0.2) is 11.2 Å². The van der Waals surface area contributed by atoms with Gasteiger partial charge in [0.15, 0.2) is 0 Å². The largest absolute Gasteiger partial charge is 0.316 e. The average molecular weight is 236 g/mol. The zero-order valence-electron chi connectivity index (χ0n) is 9.83. The molecule has 1 aliphatic carbocycles. The molecule has 0 bridgehead atoms. The maximum atomic E-state index is 11.3. The van der Waals surface area contributed by atoms with Gasteiger partial charge in [-0.1, -0.05) is 13.8 Å². The van der Waals surface area contributed by atoms with E-state index < -0.39 is 0 Å². The van der Waals surface area contributed by atoms with Gasteiger partial charge >= 0.3 is 0 Å². The number of nitriles is 1. The standard InChI is InChI=1S/C10H10N2OS.C2H6/c1-14-10-8(5-11)7(6-2-3-6)4-9(13)12-10;1-2/h4,6H,2-3H2,1H3,(H,12,13);1-2H3. The van der Waals surface area contributed by atoms with Crippen molar-refractivity contribution in [3.8, 4) is 6.07 Å². The Labute approximate surface area is 99.9 Å². The summed E-state index contributed by atoms with van der Waals surface area (Å²) in [4.78, 5) is 14.0. The summed E-state index contributed by atoms with van der Waals surface area (Å²) < 4.78 is 0. The summed E-state index contributed by atoms with van der Waals surface area (Å²) in [6.45, 7) is 4.00. The molecule has 0 aliphatic heterocycles. The molecule has 0 aromatic carbocycles. The second-order valence-corrected chi connectivity index (χ2v) is 4.20. The number of thioether (sulfide) groups is 1. The summed E-state index contributed by atoms with van der Waals surface area (Å²) in [6.07, 6.45) is 4.07. The lowest BCUT2D eigenvalue weighted by Crippen LogP contribution is -2.09. The van der Waals surface area contributed by atoms with Crippen LogP contribution < -0.4 is 5.56 Å². The van der Waals surface area contributed by atoms with Crippen molar-refractivity contribution >= 4 is 11.8 Å². The number of aromatic nitrogens is 1. The van der Waals surface area contributed by atoms with Gasteiger partial charge in [-0.25, -0.2) is 0 Å². The SMILES string of the molecule is CC.CSc1[nH]c(=O)cc(C2CC2)c1C#N. The molecule has 0 atom stereocenters. The molecule has 1 heterocycles. The molecule has 2 rings (SSSR count). The normalized spacial score (nSPS) is 13.6. The van der Waals surface area contributed by atoms with E-state index in [9.17, 15) is 4.79 Å². The van der Waals surface area contributed by atoms with Gasteiger partial charge < -0.3 is 4.98 Å². The molecule has 0 spiro atoms. The second-order valence-electron chi connectivity index (χ2n) is 3.38. The van der Waals surface area contributed by atoms with E-state index in [-0.39, 0.29) is 5.56 Å². The fourth-order valence-corrected chi connectivity index (χ4v) is 2.11. The van der Waals surface area contributed by atoms with Crippen LogP contribution in [0.1, 0.15) is 43.7 Å². The summed E-state index contributed by atoms with van der Waals surface area (Å²) in [5, 5.41) is 9.71. The minimum absolute atomic E-state index is 0.102. The van der Waals surface area contributed by atoms with Gasteiger partial charge in [-0.15, -0.1) is 11.8 Å². The van der Waals surface area contributed by atoms with Gasteiger partial charge in [-0.2, -0.15) is 5.26 Å². The van der Waals surface area contributed by atoms with Crippen molar-refractivity contribution in [1.82, 2.24) is 4.98 Å². The Balaban J connectivity index is 0.000000606. The van der Waals surface area contributed by atoms with Gasteiger partial charge in [0.2, 0.25) is 5.56 Å². The first-order valence-corrected chi connectivity index (χ1v) is 6.70. The third-order valence-corrected chi connectivity index (χ3v) is 3.09. The smallest absolute Gasteiger partial charge is 0.249 e. The van der Waals surface area contributed by atoms with Gasteiger partial charge in [-0.3, -0.25) is 4.79 Å². The minimum atomic E-state index is -0.102. The lowest BCUT2D eigenvalue weighted by molar-refractivity contribution is 0.993. The molecular weight excluding hydrogens is 220 g/mol. The molecule has 1 aliphatic rings. The Morgan fingerprint density at radius 3 is 2.56 bits per heavy atom. The Morgan fingerprint density at radius 2 is 2.12 bits per heavy atom. The van der Waals surface area contributed by atoms with E-state index in [0.29, 0.717) is 16.5 Å². The summed E-state index contributed by atoms with van der Waals surface area (Å²) >= 11 is 1.42. The maximum absolute atomic E-state index is 11.3. The highest BCUT2D eigenvalue weighted by molar-refractivity contribution is 7.98. The molecular formula is C12H16N2OS. The van der Waals surface area contributed by atoms with Crippen molar-refractivity contribution in [3.05, 3.63) is 27.5 Å². The zero-order valence-corrected chi connectivity index (χ0v) is 10.6. The molecule has 0 amide bonds. The minimum Gasteiger partial charge on any atom is -0.316 e. The summed E-state index contributed by atoms with van der Waals surface area (Å²) in [5.41, 5.74) is 1.48. The highest BCUT2D eigenvalue weighted by atomic mass is 32.2. The third kappa shape index (κ3) is 2.67. The third-order valence-electron chi connectivity index (χ3n) is 2.37. The molecule has 1 aromatic heterocycles. The summed E-state index contributed by atoms with van der Waals surface area (Å²) in [5.74, 6) is 0.442. The van der Waals surface area contributed by atoms with Crippen molar-refractivity contribution in [3.63, 3.8) is 0 Å². The van der Waals surface area contributed by atoms with Crippen molar-refractivity contribution < 1.29 is 0 Å². The fourth-order valence-electron chi connectivity index (χ4n) is 1.54. The van der Waals surface area contributed by atoms with Crippen LogP contribution in [0.15, 0.2) is 15.9 Å². The van der Waals surface area contributed by atoms with Crippen molar-refractivity contribution in [1.29, 1.82) is 5.26 Å². The van der Waals surface area contributed by atoms with Crippen LogP contribution in [0.4, 0.5) is 0 Å². The van der Waals surface area contributed by atoms with Crippen LogP contribution in [0.2, 0.25) is 0 Å². The van der Waals surface area contributed by atoms with Crippen LogP contribution in [-0.2, 0) is 0 Å². The Morgan fingerprint density at radius 1 is 1.50 bits per heavy atom. The van der Waals surface area contributed by atoms with Crippen molar-refractivity contribution in [2.45, 2.75) is 37.6 Å². The molecule has 1 fully saturated rings. The number of nitrogens with zero attached hydrogens (tertiary/aromatic N) is 1. The van der Waals surface area contributed by atoms with E-state index in [1.807, 2.05) is 20.1 Å². The van der Waals surface area contributed by atoms with Crippen LogP contribution in [0.3, 0.4) is 0 Å².